The van der Waals surface area contributed by atoms with Gasteiger partial charge in [-0.15, -0.1) is 0 Å². The number of hydrogen-bond acceptors (Lipinski definition) is 5. The fourth-order valence-electron chi connectivity index (χ4n) is 3.10. The van der Waals surface area contributed by atoms with Crippen molar-refractivity contribution in [3.8, 4) is 0 Å². The van der Waals surface area contributed by atoms with Crippen LogP contribution in [0, 0.1) is 0 Å². The van der Waals surface area contributed by atoms with Crippen molar-refractivity contribution in [2.45, 2.75) is 121 Å². The van der Waals surface area contributed by atoms with Crippen LogP contribution >= 0.6 is 0 Å². The van der Waals surface area contributed by atoms with Gasteiger partial charge in [-0.05, 0) is 39.0 Å². The smallest absolute Gasteiger partial charge is 0.0582 e. The third-order valence-corrected chi connectivity index (χ3v) is 4.81. The lowest BCUT2D eigenvalue weighted by atomic mass is 10.00. The van der Waals surface area contributed by atoms with Gasteiger partial charge < -0.3 is 26.2 Å². The average molecular weight is 362 g/mol. The zero-order valence-electron chi connectivity index (χ0n) is 16.3. The van der Waals surface area contributed by atoms with Crippen molar-refractivity contribution in [3.63, 3.8) is 0 Å². The van der Waals surface area contributed by atoms with E-state index in [2.05, 4.69) is 0 Å². The number of unbranched alkanes of at least 4 members (excludes halogenated alkanes) is 8. The summed E-state index contributed by atoms with van der Waals surface area (Å²) >= 11 is 0. The van der Waals surface area contributed by atoms with Crippen molar-refractivity contribution in [1.29, 1.82) is 0 Å². The first kappa shape index (κ1) is 24.8. The summed E-state index contributed by atoms with van der Waals surface area (Å²) in [6.07, 6.45) is 12.9. The van der Waals surface area contributed by atoms with Crippen molar-refractivity contribution in [3.05, 3.63) is 0 Å². The molecule has 0 fully saturated rings. The highest BCUT2D eigenvalue weighted by Crippen LogP contribution is 2.15. The third kappa shape index (κ3) is 18.4. The van der Waals surface area contributed by atoms with Gasteiger partial charge in [0.25, 0.3) is 0 Å². The summed E-state index contributed by atoms with van der Waals surface area (Å²) in [6, 6.07) is -0.273. The molecule has 0 aromatic heterocycles. The first-order valence-electron chi connectivity index (χ1n) is 10.4. The molecule has 0 aliphatic carbocycles. The van der Waals surface area contributed by atoms with E-state index >= 15 is 0 Å². The molecule has 0 saturated carbocycles. The van der Waals surface area contributed by atoms with Crippen LogP contribution in [-0.4, -0.2) is 51.4 Å². The summed E-state index contributed by atoms with van der Waals surface area (Å²) in [4.78, 5) is 0. The minimum absolute atomic E-state index is 0.0584. The van der Waals surface area contributed by atoms with Gasteiger partial charge >= 0.3 is 0 Å². The topological polar surface area (TPSA) is 107 Å². The maximum atomic E-state index is 9.95. The number of hydrogen-bond donors (Lipinski definition) is 5. The monoisotopic (exact) mass is 361 g/mol. The van der Waals surface area contributed by atoms with Crippen LogP contribution in [0.2, 0.25) is 0 Å². The van der Waals surface area contributed by atoms with E-state index in [4.69, 9.17) is 10.8 Å². The Labute approximate surface area is 154 Å². The maximum Gasteiger partial charge on any atom is 0.0582 e. The molecule has 0 aliphatic heterocycles. The number of aliphatic hydroxyl groups excluding tert-OH is 4. The minimum atomic E-state index is -0.526. The fourth-order valence-corrected chi connectivity index (χ4v) is 3.10. The standard InChI is InChI=1S/C20H43NO4/c1-17(23)11-9-7-5-3-2-4-6-8-10-12-19(24)15-20(25)14-13-18(21)16-22/h17-20,22-25H,2-16,21H2,1H3. The zero-order valence-corrected chi connectivity index (χ0v) is 16.3. The normalized spacial score (nSPS) is 16.6. The van der Waals surface area contributed by atoms with Crippen molar-refractivity contribution in [2.24, 2.45) is 5.73 Å². The molecule has 0 rings (SSSR count). The third-order valence-electron chi connectivity index (χ3n) is 4.81. The van der Waals surface area contributed by atoms with Gasteiger partial charge in [-0.3, -0.25) is 0 Å². The molecular formula is C20H43NO4. The quantitative estimate of drug-likeness (QED) is 0.241. The van der Waals surface area contributed by atoms with E-state index in [9.17, 15) is 15.3 Å². The molecule has 152 valence electrons. The van der Waals surface area contributed by atoms with Gasteiger partial charge in [0.05, 0.1) is 24.9 Å². The van der Waals surface area contributed by atoms with E-state index in [0.717, 1.165) is 32.1 Å². The van der Waals surface area contributed by atoms with E-state index in [1.807, 2.05) is 6.92 Å². The SMILES string of the molecule is CC(O)CCCCCCCCCCCC(O)CC(O)CCC(N)CO. The van der Waals surface area contributed by atoms with Crippen LogP contribution in [0.15, 0.2) is 0 Å². The van der Waals surface area contributed by atoms with Gasteiger partial charge in [0, 0.05) is 6.04 Å². The summed E-state index contributed by atoms with van der Waals surface area (Å²) in [5.41, 5.74) is 5.60. The lowest BCUT2D eigenvalue weighted by Gasteiger charge is -2.17. The second-order valence-corrected chi connectivity index (χ2v) is 7.67. The number of aliphatic hydroxyl groups is 4. The molecule has 0 spiro atoms. The van der Waals surface area contributed by atoms with Crippen molar-refractivity contribution < 1.29 is 20.4 Å². The van der Waals surface area contributed by atoms with Crippen molar-refractivity contribution in [2.75, 3.05) is 6.61 Å². The van der Waals surface area contributed by atoms with E-state index in [1.54, 1.807) is 0 Å². The van der Waals surface area contributed by atoms with Gasteiger partial charge in [0.1, 0.15) is 0 Å². The molecule has 0 saturated heterocycles. The van der Waals surface area contributed by atoms with Gasteiger partial charge in [-0.2, -0.15) is 0 Å². The Balaban J connectivity index is 3.33. The molecule has 5 heteroatoms. The van der Waals surface area contributed by atoms with Crippen LogP contribution in [0.4, 0.5) is 0 Å². The summed E-state index contributed by atoms with van der Waals surface area (Å²) < 4.78 is 0. The largest absolute Gasteiger partial charge is 0.395 e. The molecule has 0 aromatic carbocycles. The van der Waals surface area contributed by atoms with E-state index in [-0.39, 0.29) is 18.8 Å². The van der Waals surface area contributed by atoms with Crippen molar-refractivity contribution in [1.82, 2.24) is 0 Å². The van der Waals surface area contributed by atoms with Crippen LogP contribution in [-0.2, 0) is 0 Å². The molecule has 4 unspecified atom stereocenters. The summed E-state index contributed by atoms with van der Waals surface area (Å²) in [7, 11) is 0. The second kappa shape index (κ2) is 17.2. The summed E-state index contributed by atoms with van der Waals surface area (Å²) in [6.45, 7) is 1.79. The van der Waals surface area contributed by atoms with E-state index in [1.165, 1.54) is 38.5 Å². The second-order valence-electron chi connectivity index (χ2n) is 7.67. The van der Waals surface area contributed by atoms with Crippen molar-refractivity contribution >= 4 is 0 Å². The summed E-state index contributed by atoms with van der Waals surface area (Å²) in [5.74, 6) is 0. The zero-order chi connectivity index (χ0) is 18.9. The van der Waals surface area contributed by atoms with Crippen LogP contribution in [0.3, 0.4) is 0 Å². The summed E-state index contributed by atoms with van der Waals surface area (Å²) in [5, 5.41) is 37.8. The van der Waals surface area contributed by atoms with Gasteiger partial charge in [0.2, 0.25) is 0 Å². The average Bonchev–Trinajstić information content (AvgIpc) is 2.57. The molecule has 5 nitrogen and oxygen atoms in total. The Hall–Kier alpha value is -0.200. The first-order chi connectivity index (χ1) is 12.0. The number of rotatable bonds is 18. The minimum Gasteiger partial charge on any atom is -0.395 e. The first-order valence-corrected chi connectivity index (χ1v) is 10.4. The van der Waals surface area contributed by atoms with Gasteiger partial charge in [0.15, 0.2) is 0 Å². The molecule has 0 aliphatic rings. The molecule has 4 atom stereocenters. The lowest BCUT2D eigenvalue weighted by molar-refractivity contribution is 0.0662. The Morgan fingerprint density at radius 1 is 0.640 bits per heavy atom. The van der Waals surface area contributed by atoms with Crippen LogP contribution < -0.4 is 5.73 Å². The highest BCUT2D eigenvalue weighted by molar-refractivity contribution is 4.68. The van der Waals surface area contributed by atoms with Gasteiger partial charge in [-0.25, -0.2) is 0 Å². The molecule has 0 amide bonds. The molecule has 6 N–H and O–H groups in total. The Bertz CT molecular complexity index is 276. The fraction of sp³-hybridized carbons (Fsp3) is 1.00. The maximum absolute atomic E-state index is 9.95. The molecule has 0 bridgehead atoms. The molecule has 0 heterocycles. The molecule has 0 aromatic rings. The van der Waals surface area contributed by atoms with E-state index in [0.29, 0.717) is 19.3 Å². The highest BCUT2D eigenvalue weighted by Gasteiger charge is 2.13. The molecule has 0 radical (unpaired) electrons. The molecule has 25 heavy (non-hydrogen) atoms. The van der Waals surface area contributed by atoms with Crippen LogP contribution in [0.5, 0.6) is 0 Å². The lowest BCUT2D eigenvalue weighted by Crippen LogP contribution is -2.27. The Morgan fingerprint density at radius 3 is 1.56 bits per heavy atom. The van der Waals surface area contributed by atoms with Gasteiger partial charge in [-0.1, -0.05) is 57.8 Å². The highest BCUT2D eigenvalue weighted by atomic mass is 16.3. The molecular weight excluding hydrogens is 318 g/mol. The predicted octanol–water partition coefficient (Wildman–Crippen LogP) is 2.87. The Morgan fingerprint density at radius 2 is 1.08 bits per heavy atom. The van der Waals surface area contributed by atoms with Crippen LogP contribution in [0.1, 0.15) is 96.8 Å². The van der Waals surface area contributed by atoms with Crippen LogP contribution in [0.25, 0.3) is 0 Å². The number of nitrogens with two attached hydrogens (primary N) is 1. The van der Waals surface area contributed by atoms with E-state index < -0.39 is 12.2 Å². The Kier molecular flexibility index (Phi) is 17.1. The predicted molar refractivity (Wildman–Crippen MR) is 103 cm³/mol.